The van der Waals surface area contributed by atoms with Crippen molar-refractivity contribution >= 4 is 30.0 Å². The summed E-state index contributed by atoms with van der Waals surface area (Å²) < 4.78 is 0. The molecular formula is C26H29Cl2PTi. The molecule has 4 rings (SSSR count). The van der Waals surface area contributed by atoms with Gasteiger partial charge in [0.15, 0.2) is 0 Å². The molecule has 0 spiro atoms. The van der Waals surface area contributed by atoms with Gasteiger partial charge in [-0.1, -0.05) is 69.5 Å². The molecule has 0 amide bonds. The molecule has 30 heavy (non-hydrogen) atoms. The Balaban J connectivity index is 0.000000569. The monoisotopic (exact) mass is 490 g/mol. The van der Waals surface area contributed by atoms with Crippen LogP contribution < -0.4 is 35.4 Å². The van der Waals surface area contributed by atoms with Crippen molar-refractivity contribution in [2.45, 2.75) is 46.5 Å². The van der Waals surface area contributed by atoms with Gasteiger partial charge in [-0.25, -0.2) is 11.1 Å². The second-order valence-electron chi connectivity index (χ2n) is 7.13. The summed E-state index contributed by atoms with van der Waals surface area (Å²) in [5, 5.41) is 5.68. The standard InChI is InChI=1S/C16H14P.C10H15.2ClH.Ti/c1-12-11-13-7-5-6-10-15(13)16(12)17-14-8-3-2-4-9-14;1-3-4-7-10-8-5-6-9(10)2;;;/h2-11,17H,1H3;6H,3-5,7H2,1-2H3;2*1H;/q2*-1;;;+4/p-2. The van der Waals surface area contributed by atoms with Crippen molar-refractivity contribution in [3.63, 3.8) is 0 Å². The Morgan fingerprint density at radius 2 is 1.63 bits per heavy atom. The molecule has 0 bridgehead atoms. The van der Waals surface area contributed by atoms with E-state index in [9.17, 15) is 0 Å². The Hall–Kier alpha value is -0.746. The average Bonchev–Trinajstić information content (AvgIpc) is 3.24. The fourth-order valence-corrected chi connectivity index (χ4v) is 4.71. The zero-order valence-corrected chi connectivity index (χ0v) is 22.0. The number of aryl methyl sites for hydroxylation is 1. The smallest absolute Gasteiger partial charge is 1.00 e. The van der Waals surface area contributed by atoms with Crippen LogP contribution >= 0.6 is 8.58 Å². The molecule has 1 aliphatic rings. The van der Waals surface area contributed by atoms with E-state index >= 15 is 0 Å². The van der Waals surface area contributed by atoms with Gasteiger partial charge in [0.25, 0.3) is 0 Å². The van der Waals surface area contributed by atoms with Gasteiger partial charge in [0.05, 0.1) is 0 Å². The topological polar surface area (TPSA) is 0 Å². The predicted molar refractivity (Wildman–Crippen MR) is 123 cm³/mol. The van der Waals surface area contributed by atoms with Crippen molar-refractivity contribution in [2.75, 3.05) is 0 Å². The molecule has 3 aromatic rings. The number of hydrogen-bond donors (Lipinski definition) is 0. The molecule has 3 aromatic carbocycles. The number of hydrogen-bond acceptors (Lipinski definition) is 0. The Morgan fingerprint density at radius 1 is 0.967 bits per heavy atom. The molecule has 0 aliphatic heterocycles. The van der Waals surface area contributed by atoms with E-state index in [1.165, 1.54) is 57.4 Å². The number of unbranched alkanes of at least 4 members (excludes halogenated alkanes) is 1. The van der Waals surface area contributed by atoms with Crippen LogP contribution in [0.5, 0.6) is 0 Å². The van der Waals surface area contributed by atoms with Gasteiger partial charge in [-0.2, -0.15) is 6.08 Å². The van der Waals surface area contributed by atoms with Gasteiger partial charge in [-0.3, -0.25) is 6.08 Å². The molecule has 0 radical (unpaired) electrons. The van der Waals surface area contributed by atoms with Crippen molar-refractivity contribution in [1.29, 1.82) is 0 Å². The predicted octanol–water partition coefficient (Wildman–Crippen LogP) is 0.758. The molecule has 4 heteroatoms. The minimum absolute atomic E-state index is 0. The Kier molecular flexibility index (Phi) is 14.7. The molecule has 0 nitrogen and oxygen atoms in total. The van der Waals surface area contributed by atoms with Crippen molar-refractivity contribution in [3.8, 4) is 0 Å². The normalized spacial score (nSPS) is 12.2. The van der Waals surface area contributed by atoms with E-state index in [1.807, 2.05) is 0 Å². The molecule has 0 aromatic heterocycles. The van der Waals surface area contributed by atoms with Crippen LogP contribution in [0.2, 0.25) is 0 Å². The Bertz CT molecular complexity index is 942. The molecule has 0 heterocycles. The fourth-order valence-electron chi connectivity index (χ4n) is 3.43. The first-order valence-electron chi connectivity index (χ1n) is 9.93. The van der Waals surface area contributed by atoms with Gasteiger partial charge in [0.2, 0.25) is 0 Å². The summed E-state index contributed by atoms with van der Waals surface area (Å²) in [5.74, 6) is 0. The van der Waals surface area contributed by atoms with E-state index in [1.54, 1.807) is 0 Å². The van der Waals surface area contributed by atoms with Crippen molar-refractivity contribution in [1.82, 2.24) is 0 Å². The van der Waals surface area contributed by atoms with Crippen LogP contribution in [0.3, 0.4) is 0 Å². The Labute approximate surface area is 211 Å². The van der Waals surface area contributed by atoms with Crippen LogP contribution in [-0.2, 0) is 21.7 Å². The van der Waals surface area contributed by atoms with Crippen LogP contribution in [-0.4, -0.2) is 0 Å². The second kappa shape index (κ2) is 15.1. The quantitative estimate of drug-likeness (QED) is 0.281. The van der Waals surface area contributed by atoms with Gasteiger partial charge in [-0.05, 0) is 5.30 Å². The van der Waals surface area contributed by atoms with E-state index in [0.717, 1.165) is 15.0 Å². The van der Waals surface area contributed by atoms with Gasteiger partial charge in [0.1, 0.15) is 0 Å². The third-order valence-electron chi connectivity index (χ3n) is 5.02. The van der Waals surface area contributed by atoms with Crippen molar-refractivity contribution < 1.29 is 46.5 Å². The van der Waals surface area contributed by atoms with Crippen LogP contribution in [0, 0.1) is 13.0 Å². The van der Waals surface area contributed by atoms with Gasteiger partial charge in [-0.15, -0.1) is 67.8 Å². The van der Waals surface area contributed by atoms with E-state index in [-0.39, 0.29) is 46.5 Å². The average molecular weight is 491 g/mol. The van der Waals surface area contributed by atoms with E-state index < -0.39 is 0 Å². The molecule has 1 atom stereocenters. The number of halogens is 2. The van der Waals surface area contributed by atoms with Crippen LogP contribution in [0.25, 0.3) is 10.8 Å². The fraction of sp³-hybridized carbons (Fsp3) is 0.269. The van der Waals surface area contributed by atoms with Crippen LogP contribution in [0.15, 0.2) is 77.9 Å². The Morgan fingerprint density at radius 3 is 2.27 bits per heavy atom. The maximum absolute atomic E-state index is 3.37. The SMILES string of the molecule is CCCCC1=[C-]CC=C1C.Cc1[cH-]c2ccccc2c1Pc1ccccc1.[Cl-].[Cl-].[Ti+4]. The van der Waals surface area contributed by atoms with Crippen LogP contribution in [0.4, 0.5) is 0 Å². The summed E-state index contributed by atoms with van der Waals surface area (Å²) in [6.07, 6.45) is 10.5. The van der Waals surface area contributed by atoms with Gasteiger partial charge >= 0.3 is 21.7 Å². The summed E-state index contributed by atoms with van der Waals surface area (Å²) in [4.78, 5) is 0. The minimum atomic E-state index is 0. The summed E-state index contributed by atoms with van der Waals surface area (Å²) in [7, 11) is 0.754. The van der Waals surface area contributed by atoms with E-state index in [2.05, 4.69) is 93.6 Å². The van der Waals surface area contributed by atoms with E-state index in [4.69, 9.17) is 0 Å². The molecule has 0 saturated carbocycles. The van der Waals surface area contributed by atoms with Crippen molar-refractivity contribution in [2.24, 2.45) is 0 Å². The van der Waals surface area contributed by atoms with Crippen molar-refractivity contribution in [3.05, 3.63) is 89.5 Å². The summed E-state index contributed by atoms with van der Waals surface area (Å²) in [6.45, 7) is 6.63. The first-order chi connectivity index (χ1) is 13.2. The third-order valence-corrected chi connectivity index (χ3v) is 6.56. The molecule has 0 fully saturated rings. The first-order valence-corrected chi connectivity index (χ1v) is 10.9. The molecular weight excluding hydrogens is 462 g/mol. The minimum Gasteiger partial charge on any atom is -1.00 e. The number of rotatable bonds is 5. The second-order valence-corrected chi connectivity index (χ2v) is 8.46. The maximum Gasteiger partial charge on any atom is 4.00 e. The number of fused-ring (bicyclic) bond motifs is 1. The van der Waals surface area contributed by atoms with Crippen LogP contribution in [0.1, 0.15) is 45.1 Å². The first kappa shape index (κ1) is 29.3. The summed E-state index contributed by atoms with van der Waals surface area (Å²) >= 11 is 0. The molecule has 0 N–H and O–H groups in total. The summed E-state index contributed by atoms with van der Waals surface area (Å²) in [6, 6.07) is 21.7. The third kappa shape index (κ3) is 8.07. The van der Waals surface area contributed by atoms with E-state index in [0.29, 0.717) is 0 Å². The molecule has 0 saturated heterocycles. The number of allylic oxidation sites excluding steroid dienone is 4. The zero-order valence-electron chi connectivity index (χ0n) is 17.9. The van der Waals surface area contributed by atoms with Gasteiger partial charge < -0.3 is 24.8 Å². The number of benzene rings is 2. The summed E-state index contributed by atoms with van der Waals surface area (Å²) in [5.41, 5.74) is 4.32. The maximum atomic E-state index is 3.37. The molecule has 1 aliphatic carbocycles. The largest absolute Gasteiger partial charge is 4.00 e. The zero-order chi connectivity index (χ0) is 19.1. The molecule has 1 unspecified atom stereocenters. The molecule has 156 valence electrons. The van der Waals surface area contributed by atoms with Gasteiger partial charge in [0, 0.05) is 0 Å².